The van der Waals surface area contributed by atoms with E-state index in [1.54, 1.807) is 31.2 Å². The van der Waals surface area contributed by atoms with Crippen LogP contribution >= 0.6 is 0 Å². The van der Waals surface area contributed by atoms with Gasteiger partial charge < -0.3 is 10.1 Å². The van der Waals surface area contributed by atoms with E-state index >= 15 is 0 Å². The molecule has 1 aromatic rings. The third kappa shape index (κ3) is 5.43. The van der Waals surface area contributed by atoms with Gasteiger partial charge in [-0.05, 0) is 43.5 Å². The van der Waals surface area contributed by atoms with E-state index in [-0.39, 0.29) is 5.91 Å². The van der Waals surface area contributed by atoms with E-state index in [1.807, 2.05) is 6.07 Å². The van der Waals surface area contributed by atoms with Gasteiger partial charge in [0.1, 0.15) is 5.75 Å². The fraction of sp³-hybridized carbons (Fsp3) is 0.467. The zero-order chi connectivity index (χ0) is 14.3. The summed E-state index contributed by atoms with van der Waals surface area (Å²) in [5, 5.41) is 11.5. The second-order valence-electron chi connectivity index (χ2n) is 4.87. The van der Waals surface area contributed by atoms with Gasteiger partial charge >= 0.3 is 0 Å². The number of rotatable bonds is 6. The molecule has 0 saturated carbocycles. The molecule has 0 radical (unpaired) electrons. The summed E-state index contributed by atoms with van der Waals surface area (Å²) < 4.78 is 5.51. The molecule has 0 fully saturated rings. The van der Waals surface area contributed by atoms with Crippen LogP contribution in [0.2, 0.25) is 0 Å². The number of carbonyl (C=O) groups is 1. The molecule has 1 atom stereocenters. The Kier molecular flexibility index (Phi) is 5.87. The fourth-order valence-corrected chi connectivity index (χ4v) is 1.49. The molecular formula is C15H20N2O2. The Balaban J connectivity index is 2.42. The number of nitrogens with zero attached hydrogens (tertiary/aromatic N) is 1. The van der Waals surface area contributed by atoms with Crippen LogP contribution in [0.15, 0.2) is 24.3 Å². The van der Waals surface area contributed by atoms with Crippen molar-refractivity contribution >= 4 is 5.91 Å². The molecule has 1 aromatic carbocycles. The van der Waals surface area contributed by atoms with Crippen molar-refractivity contribution in [3.8, 4) is 11.8 Å². The second-order valence-corrected chi connectivity index (χ2v) is 4.87. The molecule has 1 rings (SSSR count). The minimum absolute atomic E-state index is 0.120. The predicted octanol–water partition coefficient (Wildman–Crippen LogP) is 2.49. The van der Waals surface area contributed by atoms with Crippen molar-refractivity contribution in [1.29, 1.82) is 5.26 Å². The van der Waals surface area contributed by atoms with Crippen LogP contribution < -0.4 is 10.1 Å². The molecule has 0 aliphatic carbocycles. The van der Waals surface area contributed by atoms with Crippen LogP contribution in [-0.2, 0) is 4.79 Å². The molecule has 1 N–H and O–H groups in total. The van der Waals surface area contributed by atoms with Crippen LogP contribution in [0.5, 0.6) is 5.75 Å². The monoisotopic (exact) mass is 260 g/mol. The zero-order valence-corrected chi connectivity index (χ0v) is 11.6. The number of carbonyl (C=O) groups excluding carboxylic acids is 1. The quantitative estimate of drug-likeness (QED) is 0.854. The molecule has 0 aliphatic heterocycles. The van der Waals surface area contributed by atoms with Gasteiger partial charge in [-0.3, -0.25) is 4.79 Å². The molecule has 0 aromatic heterocycles. The number of ether oxygens (including phenoxy) is 1. The summed E-state index contributed by atoms with van der Waals surface area (Å²) in [5.74, 6) is 1.03. The zero-order valence-electron chi connectivity index (χ0n) is 11.6. The third-order valence-electron chi connectivity index (χ3n) is 2.69. The summed E-state index contributed by atoms with van der Waals surface area (Å²) >= 11 is 0. The first kappa shape index (κ1) is 15.0. The maximum atomic E-state index is 11.8. The van der Waals surface area contributed by atoms with Crippen LogP contribution in [0.3, 0.4) is 0 Å². The second kappa shape index (κ2) is 7.42. The molecule has 1 unspecified atom stereocenters. The van der Waals surface area contributed by atoms with E-state index in [4.69, 9.17) is 10.00 Å². The summed E-state index contributed by atoms with van der Waals surface area (Å²) in [4.78, 5) is 11.8. The highest BCUT2D eigenvalue weighted by Crippen LogP contribution is 2.13. The first-order valence-electron chi connectivity index (χ1n) is 6.47. The van der Waals surface area contributed by atoms with E-state index < -0.39 is 6.10 Å². The van der Waals surface area contributed by atoms with Crippen LogP contribution in [0.1, 0.15) is 32.8 Å². The van der Waals surface area contributed by atoms with Gasteiger partial charge in [0.25, 0.3) is 5.91 Å². The highest BCUT2D eigenvalue weighted by Gasteiger charge is 2.13. The minimum Gasteiger partial charge on any atom is -0.481 e. The molecule has 4 nitrogen and oxygen atoms in total. The van der Waals surface area contributed by atoms with Crippen molar-refractivity contribution in [2.45, 2.75) is 33.3 Å². The highest BCUT2D eigenvalue weighted by atomic mass is 16.5. The normalized spacial score (nSPS) is 11.7. The van der Waals surface area contributed by atoms with Crippen molar-refractivity contribution in [1.82, 2.24) is 5.32 Å². The van der Waals surface area contributed by atoms with E-state index in [9.17, 15) is 4.79 Å². The van der Waals surface area contributed by atoms with Crippen LogP contribution in [-0.4, -0.2) is 18.6 Å². The van der Waals surface area contributed by atoms with Crippen molar-refractivity contribution < 1.29 is 9.53 Å². The van der Waals surface area contributed by atoms with E-state index in [0.717, 1.165) is 6.42 Å². The third-order valence-corrected chi connectivity index (χ3v) is 2.69. The van der Waals surface area contributed by atoms with Gasteiger partial charge in [0.05, 0.1) is 11.6 Å². The molecule has 0 saturated heterocycles. The Hall–Kier alpha value is -2.02. The maximum absolute atomic E-state index is 11.8. The highest BCUT2D eigenvalue weighted by molar-refractivity contribution is 5.80. The van der Waals surface area contributed by atoms with Crippen LogP contribution in [0, 0.1) is 17.2 Å². The molecule has 1 amide bonds. The number of amides is 1. The summed E-state index contributed by atoms with van der Waals surface area (Å²) in [5.41, 5.74) is 0.571. The predicted molar refractivity (Wildman–Crippen MR) is 73.7 cm³/mol. The Labute approximate surface area is 114 Å². The fourth-order valence-electron chi connectivity index (χ4n) is 1.49. The number of nitrogens with one attached hydrogen (secondary N) is 1. The standard InChI is InChI=1S/C15H20N2O2/c1-11(2)8-9-17-15(18)12(3)19-14-6-4-13(10-16)5-7-14/h4-7,11-12H,8-9H2,1-3H3,(H,17,18). The molecule has 102 valence electrons. The van der Waals surface area contributed by atoms with Gasteiger partial charge in [0.2, 0.25) is 0 Å². The lowest BCUT2D eigenvalue weighted by molar-refractivity contribution is -0.127. The lowest BCUT2D eigenvalue weighted by Crippen LogP contribution is -2.37. The topological polar surface area (TPSA) is 62.1 Å². The summed E-state index contributed by atoms with van der Waals surface area (Å²) in [6.45, 7) is 6.60. The van der Waals surface area contributed by atoms with E-state index in [0.29, 0.717) is 23.8 Å². The molecule has 0 aliphatic rings. The Bertz CT molecular complexity index is 446. The molecule has 0 spiro atoms. The molecule has 4 heteroatoms. The van der Waals surface area contributed by atoms with Gasteiger partial charge in [0.15, 0.2) is 6.10 Å². The van der Waals surface area contributed by atoms with Crippen molar-refractivity contribution in [3.63, 3.8) is 0 Å². The number of hydrogen-bond donors (Lipinski definition) is 1. The Morgan fingerprint density at radius 1 is 1.32 bits per heavy atom. The average molecular weight is 260 g/mol. The number of benzene rings is 1. The van der Waals surface area contributed by atoms with Crippen LogP contribution in [0.4, 0.5) is 0 Å². The Morgan fingerprint density at radius 3 is 2.47 bits per heavy atom. The van der Waals surface area contributed by atoms with Gasteiger partial charge in [-0.25, -0.2) is 0 Å². The SMILES string of the molecule is CC(C)CCNC(=O)C(C)Oc1ccc(C#N)cc1. The number of nitriles is 1. The average Bonchev–Trinajstić information content (AvgIpc) is 2.39. The van der Waals surface area contributed by atoms with Crippen LogP contribution in [0.25, 0.3) is 0 Å². The first-order chi connectivity index (χ1) is 9.02. The minimum atomic E-state index is -0.542. The summed E-state index contributed by atoms with van der Waals surface area (Å²) in [6, 6.07) is 8.75. The Morgan fingerprint density at radius 2 is 1.95 bits per heavy atom. The summed E-state index contributed by atoms with van der Waals surface area (Å²) in [6.07, 6.45) is 0.412. The van der Waals surface area contributed by atoms with Gasteiger partial charge in [-0.1, -0.05) is 13.8 Å². The maximum Gasteiger partial charge on any atom is 0.260 e. The smallest absolute Gasteiger partial charge is 0.260 e. The van der Waals surface area contributed by atoms with Crippen molar-refractivity contribution in [2.75, 3.05) is 6.54 Å². The van der Waals surface area contributed by atoms with E-state index in [2.05, 4.69) is 19.2 Å². The number of hydrogen-bond acceptors (Lipinski definition) is 3. The largest absolute Gasteiger partial charge is 0.481 e. The lowest BCUT2D eigenvalue weighted by atomic mass is 10.1. The molecule has 0 bridgehead atoms. The van der Waals surface area contributed by atoms with Gasteiger partial charge in [-0.15, -0.1) is 0 Å². The molecular weight excluding hydrogens is 240 g/mol. The van der Waals surface area contributed by atoms with Gasteiger partial charge in [-0.2, -0.15) is 5.26 Å². The molecule has 0 heterocycles. The van der Waals surface area contributed by atoms with E-state index in [1.165, 1.54) is 0 Å². The first-order valence-corrected chi connectivity index (χ1v) is 6.47. The lowest BCUT2D eigenvalue weighted by Gasteiger charge is -2.15. The molecule has 19 heavy (non-hydrogen) atoms. The summed E-state index contributed by atoms with van der Waals surface area (Å²) in [7, 11) is 0. The van der Waals surface area contributed by atoms with Gasteiger partial charge in [0, 0.05) is 6.54 Å². The van der Waals surface area contributed by atoms with Crippen molar-refractivity contribution in [3.05, 3.63) is 29.8 Å². The van der Waals surface area contributed by atoms with Crippen molar-refractivity contribution in [2.24, 2.45) is 5.92 Å².